The van der Waals surface area contributed by atoms with E-state index >= 15 is 0 Å². The molecule has 1 unspecified atom stereocenters. The predicted octanol–water partition coefficient (Wildman–Crippen LogP) is 1.40. The quantitative estimate of drug-likeness (QED) is 0.243. The van der Waals surface area contributed by atoms with Crippen molar-refractivity contribution < 1.29 is 19.5 Å². The fraction of sp³-hybridized carbons (Fsp3) is 0.333. The highest BCUT2D eigenvalue weighted by molar-refractivity contribution is 5.97. The first-order valence-corrected chi connectivity index (χ1v) is 8.17. The standard InChI is InChI=1S/C18H24N4O4/c1-3-11-9-12(18(19)20)5-6-14(11)22-16(24)8-7-15(23)21-13(4-2)10-17(25)26/h4-6,9,13H,2-3,7-8,10H2,1H3,(H3,19,20)(H,21,23)(H,22,24)(H,25,26). The van der Waals surface area contributed by atoms with Crippen molar-refractivity contribution in [3.05, 3.63) is 42.0 Å². The van der Waals surface area contributed by atoms with Gasteiger partial charge in [0.1, 0.15) is 5.84 Å². The summed E-state index contributed by atoms with van der Waals surface area (Å²) in [5.74, 6) is -1.85. The molecule has 8 heteroatoms. The average molecular weight is 360 g/mol. The first-order valence-electron chi connectivity index (χ1n) is 8.17. The summed E-state index contributed by atoms with van der Waals surface area (Å²) in [6.45, 7) is 5.39. The van der Waals surface area contributed by atoms with E-state index in [1.807, 2.05) is 6.92 Å². The Morgan fingerprint density at radius 1 is 1.31 bits per heavy atom. The van der Waals surface area contributed by atoms with E-state index in [4.69, 9.17) is 16.2 Å². The molecule has 140 valence electrons. The van der Waals surface area contributed by atoms with Gasteiger partial charge in [-0.3, -0.25) is 19.8 Å². The van der Waals surface area contributed by atoms with E-state index < -0.39 is 17.9 Å². The van der Waals surface area contributed by atoms with Crippen LogP contribution < -0.4 is 16.4 Å². The minimum absolute atomic E-state index is 0.0413. The van der Waals surface area contributed by atoms with E-state index in [2.05, 4.69) is 17.2 Å². The van der Waals surface area contributed by atoms with E-state index in [-0.39, 0.29) is 31.0 Å². The van der Waals surface area contributed by atoms with Crippen molar-refractivity contribution in [2.75, 3.05) is 5.32 Å². The summed E-state index contributed by atoms with van der Waals surface area (Å²) in [4.78, 5) is 34.6. The summed E-state index contributed by atoms with van der Waals surface area (Å²) >= 11 is 0. The van der Waals surface area contributed by atoms with E-state index in [0.717, 1.165) is 5.56 Å². The number of aliphatic carboxylic acids is 1. The van der Waals surface area contributed by atoms with Gasteiger partial charge in [0, 0.05) is 24.1 Å². The fourth-order valence-electron chi connectivity index (χ4n) is 2.28. The van der Waals surface area contributed by atoms with Crippen molar-refractivity contribution in [3.63, 3.8) is 0 Å². The Labute approximate surface area is 152 Å². The van der Waals surface area contributed by atoms with Gasteiger partial charge in [-0.2, -0.15) is 0 Å². The molecule has 0 bridgehead atoms. The fourth-order valence-corrected chi connectivity index (χ4v) is 2.28. The van der Waals surface area contributed by atoms with Crippen LogP contribution in [0.3, 0.4) is 0 Å². The molecule has 1 aromatic carbocycles. The molecule has 0 aliphatic heterocycles. The van der Waals surface area contributed by atoms with Gasteiger partial charge in [0.15, 0.2) is 0 Å². The number of nitrogens with two attached hydrogens (primary N) is 1. The zero-order valence-electron chi connectivity index (χ0n) is 14.7. The maximum atomic E-state index is 12.1. The molecule has 8 nitrogen and oxygen atoms in total. The van der Waals surface area contributed by atoms with Crippen molar-refractivity contribution >= 4 is 29.3 Å². The lowest BCUT2D eigenvalue weighted by Crippen LogP contribution is -2.35. The number of carbonyl (C=O) groups is 3. The Kier molecular flexibility index (Phi) is 8.01. The number of anilines is 1. The van der Waals surface area contributed by atoms with Gasteiger partial charge in [-0.25, -0.2) is 0 Å². The molecule has 0 aliphatic carbocycles. The molecule has 0 aliphatic rings. The van der Waals surface area contributed by atoms with Crippen LogP contribution in [-0.4, -0.2) is 34.8 Å². The number of amidine groups is 1. The van der Waals surface area contributed by atoms with Crippen molar-refractivity contribution in [3.8, 4) is 0 Å². The molecule has 0 aromatic heterocycles. The van der Waals surface area contributed by atoms with Gasteiger partial charge in [0.25, 0.3) is 0 Å². The van der Waals surface area contributed by atoms with Gasteiger partial charge >= 0.3 is 5.97 Å². The highest BCUT2D eigenvalue weighted by Crippen LogP contribution is 2.18. The van der Waals surface area contributed by atoms with Crippen LogP contribution in [-0.2, 0) is 20.8 Å². The van der Waals surface area contributed by atoms with E-state index in [0.29, 0.717) is 17.7 Å². The van der Waals surface area contributed by atoms with Crippen molar-refractivity contribution in [1.29, 1.82) is 5.41 Å². The molecule has 0 heterocycles. The van der Waals surface area contributed by atoms with Crippen LogP contribution in [0.4, 0.5) is 5.69 Å². The monoisotopic (exact) mass is 360 g/mol. The lowest BCUT2D eigenvalue weighted by molar-refractivity contribution is -0.137. The third kappa shape index (κ3) is 6.76. The van der Waals surface area contributed by atoms with Crippen LogP contribution in [0.2, 0.25) is 0 Å². The summed E-state index contributed by atoms with van der Waals surface area (Å²) in [5.41, 5.74) is 7.48. The highest BCUT2D eigenvalue weighted by Gasteiger charge is 2.14. The summed E-state index contributed by atoms with van der Waals surface area (Å²) in [6, 6.07) is 4.39. The predicted molar refractivity (Wildman–Crippen MR) is 99.1 cm³/mol. The van der Waals surface area contributed by atoms with Gasteiger partial charge in [-0.05, 0) is 30.2 Å². The van der Waals surface area contributed by atoms with Crippen LogP contribution in [0.1, 0.15) is 37.3 Å². The van der Waals surface area contributed by atoms with Gasteiger partial charge in [-0.1, -0.05) is 13.0 Å². The number of hydrogen-bond acceptors (Lipinski definition) is 4. The maximum Gasteiger partial charge on any atom is 0.305 e. The van der Waals surface area contributed by atoms with Crippen LogP contribution in [0, 0.1) is 5.41 Å². The molecule has 6 N–H and O–H groups in total. The number of nitrogen functional groups attached to an aromatic ring is 1. The number of nitrogens with one attached hydrogen (secondary N) is 3. The average Bonchev–Trinajstić information content (AvgIpc) is 2.59. The third-order valence-electron chi connectivity index (χ3n) is 3.68. The van der Waals surface area contributed by atoms with Gasteiger partial charge in [0.2, 0.25) is 11.8 Å². The number of amides is 2. The lowest BCUT2D eigenvalue weighted by atomic mass is 10.1. The summed E-state index contributed by atoms with van der Waals surface area (Å²) in [6.07, 6.45) is 1.62. The Hall–Kier alpha value is -3.16. The Morgan fingerprint density at radius 2 is 1.96 bits per heavy atom. The second kappa shape index (κ2) is 9.97. The van der Waals surface area contributed by atoms with Crippen LogP contribution in [0.25, 0.3) is 0 Å². The SMILES string of the molecule is C=CC(CC(=O)O)NC(=O)CCC(=O)Nc1ccc(C(=N)N)cc1CC. The Bertz CT molecular complexity index is 715. The minimum atomic E-state index is -1.05. The largest absolute Gasteiger partial charge is 0.481 e. The molecule has 0 saturated carbocycles. The van der Waals surface area contributed by atoms with Crippen LogP contribution >= 0.6 is 0 Å². The van der Waals surface area contributed by atoms with Crippen molar-refractivity contribution in [2.45, 2.75) is 38.6 Å². The number of carbonyl (C=O) groups excluding carboxylic acids is 2. The molecule has 0 radical (unpaired) electrons. The first-order chi connectivity index (χ1) is 12.3. The molecule has 0 spiro atoms. The zero-order valence-corrected chi connectivity index (χ0v) is 14.7. The topological polar surface area (TPSA) is 145 Å². The highest BCUT2D eigenvalue weighted by atomic mass is 16.4. The lowest BCUT2D eigenvalue weighted by Gasteiger charge is -2.13. The molecule has 0 saturated heterocycles. The summed E-state index contributed by atoms with van der Waals surface area (Å²) in [7, 11) is 0. The van der Waals surface area contributed by atoms with Crippen molar-refractivity contribution in [1.82, 2.24) is 5.32 Å². The number of carboxylic acid groups (broad SMARTS) is 1. The number of carboxylic acids is 1. The Morgan fingerprint density at radius 3 is 2.50 bits per heavy atom. The van der Waals surface area contributed by atoms with Crippen LogP contribution in [0.15, 0.2) is 30.9 Å². The van der Waals surface area contributed by atoms with Gasteiger partial charge in [0.05, 0.1) is 12.5 Å². The molecule has 1 rings (SSSR count). The molecule has 2 amide bonds. The molecule has 1 aromatic rings. The minimum Gasteiger partial charge on any atom is -0.481 e. The number of benzene rings is 1. The molecular formula is C18H24N4O4. The van der Waals surface area contributed by atoms with Gasteiger partial charge < -0.3 is 21.5 Å². The molecule has 1 atom stereocenters. The van der Waals surface area contributed by atoms with E-state index in [1.165, 1.54) is 6.08 Å². The van der Waals surface area contributed by atoms with Gasteiger partial charge in [-0.15, -0.1) is 6.58 Å². The molecular weight excluding hydrogens is 336 g/mol. The first kappa shape index (κ1) is 20.9. The smallest absolute Gasteiger partial charge is 0.305 e. The number of rotatable bonds is 10. The Balaban J connectivity index is 2.59. The van der Waals surface area contributed by atoms with Crippen LogP contribution in [0.5, 0.6) is 0 Å². The van der Waals surface area contributed by atoms with E-state index in [9.17, 15) is 14.4 Å². The molecule has 0 fully saturated rings. The van der Waals surface area contributed by atoms with Crippen molar-refractivity contribution in [2.24, 2.45) is 5.73 Å². The zero-order chi connectivity index (χ0) is 19.7. The third-order valence-corrected chi connectivity index (χ3v) is 3.68. The maximum absolute atomic E-state index is 12.1. The number of hydrogen-bond donors (Lipinski definition) is 5. The van der Waals surface area contributed by atoms with E-state index in [1.54, 1.807) is 18.2 Å². The molecule has 26 heavy (non-hydrogen) atoms. The normalized spacial score (nSPS) is 11.3. The second-order valence-corrected chi connectivity index (χ2v) is 5.69. The summed E-state index contributed by atoms with van der Waals surface area (Å²) < 4.78 is 0. The second-order valence-electron chi connectivity index (χ2n) is 5.69. The summed E-state index contributed by atoms with van der Waals surface area (Å²) in [5, 5.41) is 21.4. The number of aryl methyl sites for hydroxylation is 1.